The molecule has 0 aliphatic heterocycles. The number of nitrogens with one attached hydrogen (secondary N) is 1. The third kappa shape index (κ3) is 5.68. The average Bonchev–Trinajstić information content (AvgIpc) is 2.72. The van der Waals surface area contributed by atoms with E-state index in [1.807, 2.05) is 67.6 Å². The maximum atomic E-state index is 12.1. The number of ether oxygens (including phenoxy) is 1. The van der Waals surface area contributed by atoms with Crippen molar-refractivity contribution in [3.8, 4) is 5.75 Å². The van der Waals surface area contributed by atoms with Crippen LogP contribution in [0.3, 0.4) is 0 Å². The van der Waals surface area contributed by atoms with E-state index in [0.717, 1.165) is 21.3 Å². The minimum absolute atomic E-state index is 0.255. The molecule has 142 valence electrons. The van der Waals surface area contributed by atoms with E-state index in [9.17, 15) is 4.79 Å². The van der Waals surface area contributed by atoms with Gasteiger partial charge in [0.25, 0.3) is 5.91 Å². The molecule has 0 saturated carbocycles. The van der Waals surface area contributed by atoms with Crippen molar-refractivity contribution in [2.24, 2.45) is 5.10 Å². The lowest BCUT2D eigenvalue weighted by molar-refractivity contribution is 0.0955. The van der Waals surface area contributed by atoms with Crippen LogP contribution in [0.2, 0.25) is 5.02 Å². The molecule has 0 fully saturated rings. The molecule has 0 bridgehead atoms. The normalized spacial score (nSPS) is 11.2. The number of nitrogens with zero attached hydrogens (tertiary/aromatic N) is 1. The molecule has 3 aromatic rings. The smallest absolute Gasteiger partial charge is 0.271 e. The molecule has 1 amide bonds. The van der Waals surface area contributed by atoms with Crippen LogP contribution in [0.4, 0.5) is 0 Å². The molecule has 0 radical (unpaired) electrons. The van der Waals surface area contributed by atoms with E-state index in [1.165, 1.54) is 0 Å². The lowest BCUT2D eigenvalue weighted by atomic mass is 10.1. The minimum Gasteiger partial charge on any atom is -0.489 e. The molecule has 0 aliphatic rings. The largest absolute Gasteiger partial charge is 0.489 e. The zero-order chi connectivity index (χ0) is 19.9. The Balaban J connectivity index is 1.57. The van der Waals surface area contributed by atoms with Crippen molar-refractivity contribution in [2.45, 2.75) is 13.5 Å². The van der Waals surface area contributed by atoms with Crippen LogP contribution in [-0.2, 0) is 6.61 Å². The fourth-order valence-corrected chi connectivity index (χ4v) is 2.79. The summed E-state index contributed by atoms with van der Waals surface area (Å²) in [5.41, 5.74) is 5.77. The number of benzene rings is 3. The Morgan fingerprint density at radius 1 is 0.964 bits per heavy atom. The lowest BCUT2D eigenvalue weighted by Crippen LogP contribution is -2.19. The highest BCUT2D eigenvalue weighted by atomic mass is 79.9. The molecular weight excluding hydrogens is 440 g/mol. The molecule has 1 N–H and O–H groups in total. The summed E-state index contributed by atoms with van der Waals surface area (Å²) < 4.78 is 6.69. The number of rotatable bonds is 6. The maximum absolute atomic E-state index is 12.1. The molecule has 0 saturated heterocycles. The summed E-state index contributed by atoms with van der Waals surface area (Å²) in [7, 11) is 0. The topological polar surface area (TPSA) is 50.7 Å². The molecule has 3 rings (SSSR count). The predicted molar refractivity (Wildman–Crippen MR) is 116 cm³/mol. The van der Waals surface area contributed by atoms with E-state index in [2.05, 4.69) is 26.5 Å². The molecule has 4 nitrogen and oxygen atoms in total. The number of carbonyl (C=O) groups is 1. The van der Waals surface area contributed by atoms with Crippen LogP contribution < -0.4 is 10.2 Å². The quantitative estimate of drug-likeness (QED) is 0.374. The standard InChI is InChI=1S/C22H18BrClN2O2/c1-15(25-26-22(27)18-4-8-19(23)9-5-18)17-6-12-21(13-7-17)28-14-16-2-10-20(24)11-3-16/h2-13H,14H2,1H3,(H,26,27)/b25-15+. The molecule has 0 aliphatic carbocycles. The number of amides is 1. The van der Waals surface area contributed by atoms with Gasteiger partial charge in [0.1, 0.15) is 12.4 Å². The molecule has 0 atom stereocenters. The van der Waals surface area contributed by atoms with Gasteiger partial charge in [-0.25, -0.2) is 5.43 Å². The third-order valence-corrected chi connectivity index (χ3v) is 4.80. The van der Waals surface area contributed by atoms with Crippen LogP contribution in [0.1, 0.15) is 28.4 Å². The van der Waals surface area contributed by atoms with Crippen LogP contribution in [0.15, 0.2) is 82.4 Å². The minimum atomic E-state index is -0.255. The molecule has 28 heavy (non-hydrogen) atoms. The van der Waals surface area contributed by atoms with Crippen LogP contribution in [0.25, 0.3) is 0 Å². The van der Waals surface area contributed by atoms with E-state index >= 15 is 0 Å². The SMILES string of the molecule is C/C(=N\NC(=O)c1ccc(Br)cc1)c1ccc(OCc2ccc(Cl)cc2)cc1. The van der Waals surface area contributed by atoms with Gasteiger partial charge >= 0.3 is 0 Å². The Kier molecular flexibility index (Phi) is 6.85. The first-order valence-corrected chi connectivity index (χ1v) is 9.76. The molecule has 0 spiro atoms. The van der Waals surface area contributed by atoms with Crippen molar-refractivity contribution >= 4 is 39.1 Å². The average molecular weight is 458 g/mol. The summed E-state index contributed by atoms with van der Waals surface area (Å²) in [5, 5.41) is 4.88. The summed E-state index contributed by atoms with van der Waals surface area (Å²) in [5.74, 6) is 0.500. The highest BCUT2D eigenvalue weighted by molar-refractivity contribution is 9.10. The monoisotopic (exact) mass is 456 g/mol. The first kappa shape index (κ1) is 20.1. The number of hydrogen-bond acceptors (Lipinski definition) is 3. The number of hydrazone groups is 1. The Hall–Kier alpha value is -2.63. The molecule has 0 unspecified atom stereocenters. The van der Waals surface area contributed by atoms with Gasteiger partial charge in [-0.05, 0) is 78.7 Å². The summed E-state index contributed by atoms with van der Waals surface area (Å²) >= 11 is 9.23. The van der Waals surface area contributed by atoms with Crippen molar-refractivity contribution in [1.82, 2.24) is 5.43 Å². The van der Waals surface area contributed by atoms with E-state index < -0.39 is 0 Å². The predicted octanol–water partition coefficient (Wildman–Crippen LogP) is 5.84. The first-order chi connectivity index (χ1) is 13.5. The highest BCUT2D eigenvalue weighted by Crippen LogP contribution is 2.16. The molecule has 6 heteroatoms. The van der Waals surface area contributed by atoms with Gasteiger partial charge in [-0.2, -0.15) is 5.10 Å². The summed E-state index contributed by atoms with van der Waals surface area (Å²) in [6, 6.07) is 22.2. The molecule has 0 aromatic heterocycles. The zero-order valence-electron chi connectivity index (χ0n) is 15.2. The molecule has 0 heterocycles. The molecule has 3 aromatic carbocycles. The highest BCUT2D eigenvalue weighted by Gasteiger charge is 2.05. The Bertz CT molecular complexity index is 969. The van der Waals surface area contributed by atoms with Gasteiger partial charge < -0.3 is 4.74 Å². The Morgan fingerprint density at radius 2 is 1.57 bits per heavy atom. The van der Waals surface area contributed by atoms with Gasteiger partial charge in [0, 0.05) is 15.1 Å². The van der Waals surface area contributed by atoms with Gasteiger partial charge in [-0.3, -0.25) is 4.79 Å². The fourth-order valence-electron chi connectivity index (χ4n) is 2.40. The van der Waals surface area contributed by atoms with E-state index in [1.54, 1.807) is 12.1 Å². The first-order valence-electron chi connectivity index (χ1n) is 8.59. The van der Waals surface area contributed by atoms with Gasteiger partial charge in [-0.1, -0.05) is 39.7 Å². The van der Waals surface area contributed by atoms with E-state index in [0.29, 0.717) is 22.9 Å². The molecular formula is C22H18BrClN2O2. The van der Waals surface area contributed by atoms with Crippen molar-refractivity contribution in [2.75, 3.05) is 0 Å². The Morgan fingerprint density at radius 3 is 2.21 bits per heavy atom. The second kappa shape index (κ2) is 9.53. The van der Waals surface area contributed by atoms with E-state index in [-0.39, 0.29) is 5.91 Å². The van der Waals surface area contributed by atoms with E-state index in [4.69, 9.17) is 16.3 Å². The van der Waals surface area contributed by atoms with Gasteiger partial charge in [0.05, 0.1) is 5.71 Å². The maximum Gasteiger partial charge on any atom is 0.271 e. The summed E-state index contributed by atoms with van der Waals surface area (Å²) in [6.07, 6.45) is 0. The van der Waals surface area contributed by atoms with Crippen LogP contribution in [-0.4, -0.2) is 11.6 Å². The number of halogens is 2. The summed E-state index contributed by atoms with van der Waals surface area (Å²) in [6.45, 7) is 2.30. The lowest BCUT2D eigenvalue weighted by Gasteiger charge is -2.08. The zero-order valence-corrected chi connectivity index (χ0v) is 17.5. The Labute approximate surface area is 177 Å². The fraction of sp³-hybridized carbons (Fsp3) is 0.0909. The van der Waals surface area contributed by atoms with Crippen molar-refractivity contribution in [3.63, 3.8) is 0 Å². The third-order valence-electron chi connectivity index (χ3n) is 4.02. The number of hydrogen-bond donors (Lipinski definition) is 1. The van der Waals surface area contributed by atoms with Gasteiger partial charge in [-0.15, -0.1) is 0 Å². The van der Waals surface area contributed by atoms with Crippen molar-refractivity contribution in [1.29, 1.82) is 0 Å². The second-order valence-corrected chi connectivity index (χ2v) is 7.44. The summed E-state index contributed by atoms with van der Waals surface area (Å²) in [4.78, 5) is 12.1. The van der Waals surface area contributed by atoms with Gasteiger partial charge in [0.2, 0.25) is 0 Å². The second-order valence-electron chi connectivity index (χ2n) is 6.08. The number of carbonyl (C=O) groups excluding carboxylic acids is 1. The van der Waals surface area contributed by atoms with Crippen LogP contribution >= 0.6 is 27.5 Å². The van der Waals surface area contributed by atoms with Crippen molar-refractivity contribution in [3.05, 3.63) is 99.0 Å². The van der Waals surface area contributed by atoms with Gasteiger partial charge in [0.15, 0.2) is 0 Å². The van der Waals surface area contributed by atoms with Crippen molar-refractivity contribution < 1.29 is 9.53 Å². The van der Waals surface area contributed by atoms with Crippen LogP contribution in [0, 0.1) is 0 Å². The van der Waals surface area contributed by atoms with Crippen LogP contribution in [0.5, 0.6) is 5.75 Å².